The summed E-state index contributed by atoms with van der Waals surface area (Å²) in [6.45, 7) is 5.70. The summed E-state index contributed by atoms with van der Waals surface area (Å²) >= 11 is 0. The van der Waals surface area contributed by atoms with Crippen LogP contribution in [0.15, 0.2) is 23.6 Å². The molecular formula is C10H17F. The predicted octanol–water partition coefficient (Wildman–Crippen LogP) is 4.00. The Morgan fingerprint density at radius 2 is 1.91 bits per heavy atom. The molecule has 0 aliphatic rings. The fraction of sp³-hybridized carbons (Fsp3) is 0.600. The molecule has 0 bridgehead atoms. The lowest BCUT2D eigenvalue weighted by atomic mass is 10.1. The van der Waals surface area contributed by atoms with E-state index in [1.807, 2.05) is 6.08 Å². The molecule has 0 unspecified atom stereocenters. The van der Waals surface area contributed by atoms with Gasteiger partial charge in [-0.05, 0) is 25.8 Å². The Hall–Kier alpha value is -0.590. The zero-order chi connectivity index (χ0) is 8.69. The molecule has 0 heterocycles. The summed E-state index contributed by atoms with van der Waals surface area (Å²) in [4.78, 5) is 0. The Labute approximate surface area is 68.8 Å². The van der Waals surface area contributed by atoms with Crippen molar-refractivity contribution in [3.05, 3.63) is 23.6 Å². The largest absolute Gasteiger partial charge is 0.212 e. The maximum absolute atomic E-state index is 12.3. The third-order valence-electron chi connectivity index (χ3n) is 1.57. The highest BCUT2D eigenvalue weighted by Gasteiger charge is 1.89. The van der Waals surface area contributed by atoms with E-state index in [1.54, 1.807) is 0 Å². The molecule has 1 heteroatoms. The molecule has 0 aromatic carbocycles. The summed E-state index contributed by atoms with van der Waals surface area (Å²) in [5, 5.41) is 0. The molecule has 0 N–H and O–H groups in total. The predicted molar refractivity (Wildman–Crippen MR) is 48.1 cm³/mol. The van der Waals surface area contributed by atoms with Gasteiger partial charge >= 0.3 is 0 Å². The number of hydrogen-bond acceptors (Lipinski definition) is 0. The Morgan fingerprint density at radius 3 is 2.27 bits per heavy atom. The minimum atomic E-state index is -0.118. The molecule has 0 aromatic heterocycles. The molecule has 64 valence electrons. The minimum absolute atomic E-state index is 0.118. The van der Waals surface area contributed by atoms with E-state index >= 15 is 0 Å². The van der Waals surface area contributed by atoms with Crippen molar-refractivity contribution < 1.29 is 4.39 Å². The summed E-state index contributed by atoms with van der Waals surface area (Å²) in [5.74, 6) is -0.118. The topological polar surface area (TPSA) is 0 Å². The second-order valence-corrected chi connectivity index (χ2v) is 2.68. The van der Waals surface area contributed by atoms with Gasteiger partial charge in [-0.1, -0.05) is 31.9 Å². The standard InChI is InChI=1S/C10H17F/c1-4-6-10(5-2)8-7-9(3)11/h7-8H,4-6H2,1-3H3/b9-7+,10-8+. The number of allylic oxidation sites excluding steroid dienone is 4. The number of hydrogen-bond donors (Lipinski definition) is 0. The minimum Gasteiger partial charge on any atom is -0.212 e. The van der Waals surface area contributed by atoms with E-state index in [9.17, 15) is 4.39 Å². The van der Waals surface area contributed by atoms with Gasteiger partial charge < -0.3 is 0 Å². The van der Waals surface area contributed by atoms with Gasteiger partial charge in [-0.2, -0.15) is 0 Å². The number of halogens is 1. The maximum atomic E-state index is 12.3. The first-order valence-corrected chi connectivity index (χ1v) is 4.22. The average Bonchev–Trinajstić information content (AvgIpc) is 1.97. The third kappa shape index (κ3) is 5.84. The molecule has 0 spiro atoms. The van der Waals surface area contributed by atoms with Crippen LogP contribution in [-0.4, -0.2) is 0 Å². The molecule has 0 saturated heterocycles. The highest BCUT2D eigenvalue weighted by atomic mass is 19.1. The molecule has 0 atom stereocenters. The van der Waals surface area contributed by atoms with E-state index in [-0.39, 0.29) is 5.83 Å². The van der Waals surface area contributed by atoms with Gasteiger partial charge in [0.2, 0.25) is 0 Å². The summed E-state index contributed by atoms with van der Waals surface area (Å²) in [5.41, 5.74) is 1.32. The van der Waals surface area contributed by atoms with Crippen molar-refractivity contribution in [2.75, 3.05) is 0 Å². The Bertz CT molecular complexity index is 150. The lowest BCUT2D eigenvalue weighted by Crippen LogP contribution is -1.78. The van der Waals surface area contributed by atoms with E-state index < -0.39 is 0 Å². The van der Waals surface area contributed by atoms with Crippen LogP contribution in [0.2, 0.25) is 0 Å². The van der Waals surface area contributed by atoms with E-state index in [0.29, 0.717) is 0 Å². The molecule has 11 heavy (non-hydrogen) atoms. The Morgan fingerprint density at radius 1 is 1.27 bits per heavy atom. The first-order valence-electron chi connectivity index (χ1n) is 4.22. The molecule has 0 amide bonds. The third-order valence-corrected chi connectivity index (χ3v) is 1.57. The van der Waals surface area contributed by atoms with Crippen molar-refractivity contribution in [1.82, 2.24) is 0 Å². The number of rotatable bonds is 4. The molecule has 0 saturated carbocycles. The van der Waals surface area contributed by atoms with Gasteiger partial charge in [-0.3, -0.25) is 0 Å². The van der Waals surface area contributed by atoms with Gasteiger partial charge in [-0.25, -0.2) is 4.39 Å². The smallest absolute Gasteiger partial charge is 0.0968 e. The van der Waals surface area contributed by atoms with Crippen molar-refractivity contribution >= 4 is 0 Å². The fourth-order valence-corrected chi connectivity index (χ4v) is 0.932. The molecule has 0 aromatic rings. The maximum Gasteiger partial charge on any atom is 0.0968 e. The van der Waals surface area contributed by atoms with Gasteiger partial charge in [0.25, 0.3) is 0 Å². The van der Waals surface area contributed by atoms with E-state index in [0.717, 1.165) is 19.3 Å². The molecule has 0 nitrogen and oxygen atoms in total. The van der Waals surface area contributed by atoms with Crippen LogP contribution in [0.4, 0.5) is 4.39 Å². The second kappa shape index (κ2) is 6.14. The lowest BCUT2D eigenvalue weighted by molar-refractivity contribution is 0.640. The summed E-state index contributed by atoms with van der Waals surface area (Å²) in [7, 11) is 0. The van der Waals surface area contributed by atoms with Crippen molar-refractivity contribution in [2.45, 2.75) is 40.0 Å². The summed E-state index contributed by atoms with van der Waals surface area (Å²) < 4.78 is 12.3. The van der Waals surface area contributed by atoms with Gasteiger partial charge in [0.1, 0.15) is 0 Å². The lowest BCUT2D eigenvalue weighted by Gasteiger charge is -1.98. The Kier molecular flexibility index (Phi) is 5.81. The van der Waals surface area contributed by atoms with Crippen molar-refractivity contribution in [3.8, 4) is 0 Å². The first kappa shape index (κ1) is 10.4. The van der Waals surface area contributed by atoms with Crippen LogP contribution >= 0.6 is 0 Å². The summed E-state index contributed by atoms with van der Waals surface area (Å²) in [6, 6.07) is 0. The van der Waals surface area contributed by atoms with Crippen LogP contribution in [0.1, 0.15) is 40.0 Å². The summed E-state index contributed by atoms with van der Waals surface area (Å²) in [6.07, 6.45) is 6.67. The molecule has 0 fully saturated rings. The van der Waals surface area contributed by atoms with Crippen LogP contribution in [0, 0.1) is 0 Å². The van der Waals surface area contributed by atoms with Crippen LogP contribution in [0.5, 0.6) is 0 Å². The quantitative estimate of drug-likeness (QED) is 0.540. The Balaban J connectivity index is 4.00. The molecule has 0 rings (SSSR count). The second-order valence-electron chi connectivity index (χ2n) is 2.68. The highest BCUT2D eigenvalue weighted by molar-refractivity contribution is 5.13. The van der Waals surface area contributed by atoms with E-state index in [1.165, 1.54) is 18.6 Å². The fourth-order valence-electron chi connectivity index (χ4n) is 0.932. The zero-order valence-corrected chi connectivity index (χ0v) is 7.65. The van der Waals surface area contributed by atoms with E-state index in [4.69, 9.17) is 0 Å². The molecule has 0 aliphatic heterocycles. The van der Waals surface area contributed by atoms with Crippen molar-refractivity contribution in [2.24, 2.45) is 0 Å². The van der Waals surface area contributed by atoms with Crippen LogP contribution < -0.4 is 0 Å². The van der Waals surface area contributed by atoms with Crippen LogP contribution in [-0.2, 0) is 0 Å². The first-order chi connectivity index (χ1) is 5.20. The van der Waals surface area contributed by atoms with Crippen molar-refractivity contribution in [1.29, 1.82) is 0 Å². The monoisotopic (exact) mass is 156 g/mol. The van der Waals surface area contributed by atoms with Gasteiger partial charge in [0, 0.05) is 0 Å². The van der Waals surface area contributed by atoms with Gasteiger partial charge in [0.15, 0.2) is 0 Å². The van der Waals surface area contributed by atoms with Crippen LogP contribution in [0.25, 0.3) is 0 Å². The normalized spacial score (nSPS) is 13.8. The molecule has 0 aliphatic carbocycles. The van der Waals surface area contributed by atoms with E-state index in [2.05, 4.69) is 13.8 Å². The SMILES string of the molecule is CCC/C(=C/C=C(\C)F)CC. The zero-order valence-electron chi connectivity index (χ0n) is 7.65. The van der Waals surface area contributed by atoms with Gasteiger partial charge in [0.05, 0.1) is 5.83 Å². The molecular weight excluding hydrogens is 139 g/mol. The average molecular weight is 156 g/mol. The highest BCUT2D eigenvalue weighted by Crippen LogP contribution is 2.09. The van der Waals surface area contributed by atoms with Crippen molar-refractivity contribution in [3.63, 3.8) is 0 Å². The van der Waals surface area contributed by atoms with Gasteiger partial charge in [-0.15, -0.1) is 0 Å². The van der Waals surface area contributed by atoms with Crippen LogP contribution in [0.3, 0.4) is 0 Å². The molecule has 0 radical (unpaired) electrons.